The number of carbonyl (C=O) groups excluding carboxylic acids is 2. The molecular formula is C18H19F4N5O2. The minimum atomic E-state index is -3.26. The van der Waals surface area contributed by atoms with Gasteiger partial charge in [-0.15, -0.1) is 0 Å². The Hall–Kier alpha value is -3.24. The summed E-state index contributed by atoms with van der Waals surface area (Å²) in [5.41, 5.74) is 3.20. The first-order valence-corrected chi connectivity index (χ1v) is 8.75. The zero-order valence-electron chi connectivity index (χ0n) is 15.6. The van der Waals surface area contributed by atoms with E-state index in [9.17, 15) is 27.2 Å². The quantitative estimate of drug-likeness (QED) is 0.518. The molecule has 1 heterocycles. The molecule has 2 aromatic rings. The molecule has 7 nitrogen and oxygen atoms in total. The molecular weight excluding hydrogens is 394 g/mol. The standard InChI is InChI=1S/C16H13F4N5O2.C2H6/c17-10-2-1-9(5-11(10)18)16(3-4-16)23-15-21-6-8(7-22-15)13(26)24-25-14(27)12(19)20;1-2/h1-2,5-7,12H,3-4H2,(H,24,26)(H,25,27)(H,21,22,23);1-2H3. The third-order valence-electron chi connectivity index (χ3n) is 3.98. The Morgan fingerprint density at radius 1 is 1.03 bits per heavy atom. The Labute approximate surface area is 163 Å². The van der Waals surface area contributed by atoms with Crippen LogP contribution in [-0.4, -0.2) is 28.2 Å². The van der Waals surface area contributed by atoms with Crippen LogP contribution >= 0.6 is 0 Å². The summed E-state index contributed by atoms with van der Waals surface area (Å²) in [6.07, 6.45) is 0.299. The van der Waals surface area contributed by atoms with Crippen molar-refractivity contribution in [2.24, 2.45) is 0 Å². The topological polar surface area (TPSA) is 96.0 Å². The van der Waals surface area contributed by atoms with E-state index in [1.54, 1.807) is 10.9 Å². The number of amides is 2. The van der Waals surface area contributed by atoms with Crippen molar-refractivity contribution in [1.82, 2.24) is 20.8 Å². The summed E-state index contributed by atoms with van der Waals surface area (Å²) in [5, 5.41) is 3.01. The predicted molar refractivity (Wildman–Crippen MR) is 95.9 cm³/mol. The second-order valence-electron chi connectivity index (χ2n) is 5.88. The van der Waals surface area contributed by atoms with Gasteiger partial charge in [0.2, 0.25) is 5.95 Å². The van der Waals surface area contributed by atoms with E-state index < -0.39 is 35.4 Å². The number of alkyl halides is 2. The fourth-order valence-electron chi connectivity index (χ4n) is 2.37. The van der Waals surface area contributed by atoms with Crippen molar-refractivity contribution in [1.29, 1.82) is 0 Å². The number of hydrogen-bond donors (Lipinski definition) is 3. The highest BCUT2D eigenvalue weighted by Gasteiger charge is 2.45. The number of rotatable bonds is 5. The molecule has 3 N–H and O–H groups in total. The molecule has 0 saturated heterocycles. The maximum Gasteiger partial charge on any atom is 0.317 e. The van der Waals surface area contributed by atoms with Gasteiger partial charge in [0.25, 0.3) is 5.91 Å². The number of nitrogens with one attached hydrogen (secondary N) is 3. The predicted octanol–water partition coefficient (Wildman–Crippen LogP) is 2.91. The summed E-state index contributed by atoms with van der Waals surface area (Å²) < 4.78 is 50.6. The van der Waals surface area contributed by atoms with Crippen LogP contribution in [0.15, 0.2) is 30.6 Å². The van der Waals surface area contributed by atoms with Gasteiger partial charge in [0.05, 0.1) is 11.1 Å². The van der Waals surface area contributed by atoms with Gasteiger partial charge in [-0.2, -0.15) is 8.78 Å². The zero-order valence-corrected chi connectivity index (χ0v) is 15.6. The molecule has 2 amide bonds. The van der Waals surface area contributed by atoms with Crippen molar-refractivity contribution in [3.8, 4) is 0 Å². The first-order chi connectivity index (χ1) is 13.8. The Kier molecular flexibility index (Phi) is 7.08. The van der Waals surface area contributed by atoms with Crippen LogP contribution in [0.3, 0.4) is 0 Å². The van der Waals surface area contributed by atoms with Crippen LogP contribution in [0, 0.1) is 11.6 Å². The van der Waals surface area contributed by atoms with Gasteiger partial charge in [0.15, 0.2) is 11.6 Å². The summed E-state index contributed by atoms with van der Waals surface area (Å²) in [4.78, 5) is 30.3. The number of nitrogens with zero attached hydrogens (tertiary/aromatic N) is 2. The molecule has 3 rings (SSSR count). The number of hydrazine groups is 1. The third kappa shape index (κ3) is 5.39. The minimum Gasteiger partial charge on any atom is -0.345 e. The zero-order chi connectivity index (χ0) is 21.6. The van der Waals surface area contributed by atoms with Crippen LogP contribution in [0.1, 0.15) is 42.6 Å². The molecule has 1 aromatic carbocycles. The summed E-state index contributed by atoms with van der Waals surface area (Å²) in [5.74, 6) is -4.29. The Morgan fingerprint density at radius 2 is 1.66 bits per heavy atom. The first kappa shape index (κ1) is 22.1. The molecule has 1 aliphatic rings. The van der Waals surface area contributed by atoms with Crippen molar-refractivity contribution in [3.05, 3.63) is 53.4 Å². The number of benzene rings is 1. The highest BCUT2D eigenvalue weighted by atomic mass is 19.3. The van der Waals surface area contributed by atoms with Gasteiger partial charge in [-0.05, 0) is 30.5 Å². The van der Waals surface area contributed by atoms with Gasteiger partial charge < -0.3 is 5.32 Å². The lowest BCUT2D eigenvalue weighted by molar-refractivity contribution is -0.132. The average molecular weight is 413 g/mol. The highest BCUT2D eigenvalue weighted by Crippen LogP contribution is 2.47. The maximum atomic E-state index is 13.4. The van der Waals surface area contributed by atoms with E-state index in [4.69, 9.17) is 0 Å². The van der Waals surface area contributed by atoms with Crippen molar-refractivity contribution in [2.75, 3.05) is 5.32 Å². The van der Waals surface area contributed by atoms with Crippen LogP contribution in [0.4, 0.5) is 23.5 Å². The van der Waals surface area contributed by atoms with Gasteiger partial charge in [0.1, 0.15) is 0 Å². The van der Waals surface area contributed by atoms with E-state index in [0.29, 0.717) is 18.4 Å². The van der Waals surface area contributed by atoms with Crippen LogP contribution in [-0.2, 0) is 10.3 Å². The van der Waals surface area contributed by atoms with Crippen molar-refractivity contribution < 1.29 is 27.2 Å². The molecule has 1 aliphatic carbocycles. The van der Waals surface area contributed by atoms with E-state index in [0.717, 1.165) is 24.5 Å². The fourth-order valence-corrected chi connectivity index (χ4v) is 2.37. The van der Waals surface area contributed by atoms with E-state index in [1.165, 1.54) is 6.07 Å². The van der Waals surface area contributed by atoms with Gasteiger partial charge in [-0.1, -0.05) is 19.9 Å². The van der Waals surface area contributed by atoms with E-state index in [-0.39, 0.29) is 11.5 Å². The average Bonchev–Trinajstić information content (AvgIpc) is 3.50. The summed E-state index contributed by atoms with van der Waals surface area (Å²) >= 11 is 0. The lowest BCUT2D eigenvalue weighted by Gasteiger charge is -2.18. The lowest BCUT2D eigenvalue weighted by Crippen LogP contribution is -2.44. The summed E-state index contributed by atoms with van der Waals surface area (Å²) in [6, 6.07) is 3.60. The molecule has 1 aromatic heterocycles. The number of halogens is 4. The molecule has 1 saturated carbocycles. The monoisotopic (exact) mass is 413 g/mol. The fraction of sp³-hybridized carbons (Fsp3) is 0.333. The molecule has 0 aliphatic heterocycles. The Balaban J connectivity index is 0.00000145. The van der Waals surface area contributed by atoms with Crippen LogP contribution in [0.2, 0.25) is 0 Å². The molecule has 0 unspecified atom stereocenters. The molecule has 156 valence electrons. The second-order valence-corrected chi connectivity index (χ2v) is 5.88. The Bertz CT molecular complexity index is 873. The minimum absolute atomic E-state index is 0.0761. The number of aromatic nitrogens is 2. The van der Waals surface area contributed by atoms with Gasteiger partial charge in [-0.3, -0.25) is 20.4 Å². The SMILES string of the molecule is CC.O=C(NNC(=O)C(F)F)c1cnc(NC2(c3ccc(F)c(F)c3)CC2)nc1. The molecule has 0 radical (unpaired) electrons. The lowest BCUT2D eigenvalue weighted by atomic mass is 10.0. The van der Waals surface area contributed by atoms with E-state index in [2.05, 4.69) is 15.3 Å². The second kappa shape index (κ2) is 9.30. The van der Waals surface area contributed by atoms with Crippen molar-refractivity contribution in [3.63, 3.8) is 0 Å². The smallest absolute Gasteiger partial charge is 0.317 e. The number of anilines is 1. The molecule has 0 bridgehead atoms. The first-order valence-electron chi connectivity index (χ1n) is 8.75. The molecule has 29 heavy (non-hydrogen) atoms. The van der Waals surface area contributed by atoms with Crippen LogP contribution < -0.4 is 16.2 Å². The summed E-state index contributed by atoms with van der Waals surface area (Å²) in [6.45, 7) is 4.00. The molecule has 1 fully saturated rings. The van der Waals surface area contributed by atoms with Crippen LogP contribution in [0.5, 0.6) is 0 Å². The van der Waals surface area contributed by atoms with Crippen molar-refractivity contribution >= 4 is 17.8 Å². The largest absolute Gasteiger partial charge is 0.345 e. The Morgan fingerprint density at radius 3 is 2.17 bits per heavy atom. The van der Waals surface area contributed by atoms with E-state index in [1.807, 2.05) is 13.8 Å². The van der Waals surface area contributed by atoms with Gasteiger partial charge in [0, 0.05) is 12.4 Å². The molecule has 0 atom stereocenters. The summed E-state index contributed by atoms with van der Waals surface area (Å²) in [7, 11) is 0. The van der Waals surface area contributed by atoms with Gasteiger partial charge in [-0.25, -0.2) is 18.7 Å². The number of carbonyl (C=O) groups is 2. The maximum absolute atomic E-state index is 13.4. The number of hydrogen-bond acceptors (Lipinski definition) is 5. The normalized spacial score (nSPS) is 13.8. The highest BCUT2D eigenvalue weighted by molar-refractivity contribution is 5.95. The van der Waals surface area contributed by atoms with Crippen molar-refractivity contribution in [2.45, 2.75) is 38.7 Å². The molecule has 11 heteroatoms. The van der Waals surface area contributed by atoms with Crippen LogP contribution in [0.25, 0.3) is 0 Å². The third-order valence-corrected chi connectivity index (χ3v) is 3.98. The van der Waals surface area contributed by atoms with Gasteiger partial charge >= 0.3 is 12.3 Å². The molecule has 0 spiro atoms. The van der Waals surface area contributed by atoms with E-state index >= 15 is 0 Å².